The van der Waals surface area contributed by atoms with E-state index in [-0.39, 0.29) is 27.5 Å². The van der Waals surface area contributed by atoms with Crippen molar-refractivity contribution in [3.05, 3.63) is 65.4 Å². The molecular formula is C18H13BN3O4S. The molecule has 2 heterocycles. The third kappa shape index (κ3) is 2.58. The zero-order valence-electron chi connectivity index (χ0n) is 14.0. The molecule has 2 aromatic carbocycles. The molecule has 7 nitrogen and oxygen atoms in total. The van der Waals surface area contributed by atoms with E-state index in [1.54, 1.807) is 36.4 Å². The number of carbonyl (C=O) groups excluding carboxylic acids is 1. The molecular weight excluding hydrogens is 365 g/mol. The molecule has 1 atom stereocenters. The van der Waals surface area contributed by atoms with E-state index in [1.165, 1.54) is 10.7 Å². The van der Waals surface area contributed by atoms with Crippen LogP contribution in [0.3, 0.4) is 0 Å². The number of rotatable bonds is 3. The summed E-state index contributed by atoms with van der Waals surface area (Å²) >= 11 is 0. The summed E-state index contributed by atoms with van der Waals surface area (Å²) in [5, 5.41) is 13.8. The number of primary amides is 1. The molecule has 3 N–H and O–H groups in total. The second-order valence-corrected chi connectivity index (χ2v) is 8.29. The van der Waals surface area contributed by atoms with Crippen LogP contribution in [-0.2, 0) is 15.1 Å². The Balaban J connectivity index is 2.15. The Morgan fingerprint density at radius 2 is 1.85 bits per heavy atom. The standard InChI is InChI=1S/C18H13BN3O4S/c19-27(26)9-13-14(18(24)25)21-22(10-5-2-1-3-6-10)15(13)11-7-4-8-12(16(11)27)17(20)23/h1-8H,9H2,(H2,20,23)(H,24,25). The SMILES string of the molecule is [B]=S1(=O)Cc2c(C(=O)O)nn(-c3ccccc3)c2-c2cccc(C(N)=O)c21. The first-order valence-electron chi connectivity index (χ1n) is 7.94. The molecule has 4 rings (SSSR count). The van der Waals surface area contributed by atoms with Crippen LogP contribution < -0.4 is 5.73 Å². The fraction of sp³-hybridized carbons (Fsp3) is 0.0556. The third-order valence-electron chi connectivity index (χ3n) is 4.43. The Hall–Kier alpha value is -3.20. The summed E-state index contributed by atoms with van der Waals surface area (Å²) in [6.45, 7) is 6.05. The number of benzene rings is 2. The average molecular weight is 378 g/mol. The first-order valence-corrected chi connectivity index (χ1v) is 9.74. The molecule has 0 saturated carbocycles. The molecule has 9 heteroatoms. The average Bonchev–Trinajstić information content (AvgIpc) is 3.00. The number of carboxylic acids is 1. The molecule has 0 spiro atoms. The van der Waals surface area contributed by atoms with Gasteiger partial charge in [-0.1, -0.05) is 0 Å². The molecule has 1 unspecified atom stereocenters. The van der Waals surface area contributed by atoms with Crippen LogP contribution in [0, 0.1) is 0 Å². The first-order chi connectivity index (χ1) is 12.8. The summed E-state index contributed by atoms with van der Waals surface area (Å²) in [4.78, 5) is 23.7. The molecule has 0 fully saturated rings. The third-order valence-corrected chi connectivity index (χ3v) is 6.28. The molecule has 1 aromatic heterocycles. The minimum atomic E-state index is -3.22. The number of hydrogen-bond acceptors (Lipinski definition) is 4. The van der Waals surface area contributed by atoms with Gasteiger partial charge >= 0.3 is 155 Å². The van der Waals surface area contributed by atoms with Gasteiger partial charge in [-0.3, -0.25) is 0 Å². The number of fused-ring (bicyclic) bond motifs is 3. The van der Waals surface area contributed by atoms with Gasteiger partial charge in [0.25, 0.3) is 0 Å². The van der Waals surface area contributed by atoms with Crippen LogP contribution in [0.5, 0.6) is 0 Å². The van der Waals surface area contributed by atoms with Crippen LogP contribution >= 0.6 is 0 Å². The second kappa shape index (κ2) is 5.92. The number of aromatic carboxylic acids is 1. The fourth-order valence-corrected chi connectivity index (χ4v) is 5.29. The van der Waals surface area contributed by atoms with Crippen LogP contribution in [0.1, 0.15) is 26.4 Å². The maximum atomic E-state index is 13.2. The first kappa shape index (κ1) is 17.2. The number of nitrogens with zero attached hydrogens (tertiary/aromatic N) is 2. The van der Waals surface area contributed by atoms with Crippen molar-refractivity contribution in [3.8, 4) is 16.9 Å². The molecule has 0 saturated heterocycles. The van der Waals surface area contributed by atoms with E-state index in [1.807, 2.05) is 6.07 Å². The number of aromatic nitrogens is 2. The van der Waals surface area contributed by atoms with Crippen molar-refractivity contribution < 1.29 is 18.9 Å². The van der Waals surface area contributed by atoms with Gasteiger partial charge in [-0.15, -0.1) is 0 Å². The summed E-state index contributed by atoms with van der Waals surface area (Å²) in [7, 11) is -3.22. The molecule has 133 valence electrons. The van der Waals surface area contributed by atoms with E-state index in [0.717, 1.165) is 0 Å². The van der Waals surface area contributed by atoms with Gasteiger partial charge < -0.3 is 0 Å². The number of amides is 1. The topological polar surface area (TPSA) is 115 Å². The Morgan fingerprint density at radius 1 is 1.15 bits per heavy atom. The van der Waals surface area contributed by atoms with Crippen molar-refractivity contribution in [2.75, 3.05) is 0 Å². The zero-order valence-corrected chi connectivity index (χ0v) is 14.8. The van der Waals surface area contributed by atoms with E-state index < -0.39 is 21.2 Å². The van der Waals surface area contributed by atoms with Gasteiger partial charge in [-0.25, -0.2) is 0 Å². The molecule has 1 aliphatic rings. The van der Waals surface area contributed by atoms with Gasteiger partial charge in [0.15, 0.2) is 0 Å². The summed E-state index contributed by atoms with van der Waals surface area (Å²) in [6, 6.07) is 13.6. The quantitative estimate of drug-likeness (QED) is 0.672. The molecule has 3 aromatic rings. The van der Waals surface area contributed by atoms with Crippen molar-refractivity contribution >= 4 is 28.0 Å². The van der Waals surface area contributed by atoms with Crippen LogP contribution in [-0.4, -0.2) is 37.7 Å². The summed E-state index contributed by atoms with van der Waals surface area (Å²) in [6.07, 6.45) is 0. The zero-order chi connectivity index (χ0) is 19.3. The van der Waals surface area contributed by atoms with Gasteiger partial charge in [0.1, 0.15) is 0 Å². The monoisotopic (exact) mass is 378 g/mol. The number of carboxylic acid groups (broad SMARTS) is 1. The van der Waals surface area contributed by atoms with Crippen molar-refractivity contribution in [1.29, 1.82) is 0 Å². The van der Waals surface area contributed by atoms with Gasteiger partial charge in [-0.2, -0.15) is 0 Å². The van der Waals surface area contributed by atoms with Gasteiger partial charge in [-0.05, 0) is 0 Å². The van der Waals surface area contributed by atoms with Crippen molar-refractivity contribution in [1.82, 2.24) is 9.78 Å². The molecule has 1 aliphatic heterocycles. The number of hydrogen-bond donors (Lipinski definition) is 2. The Morgan fingerprint density at radius 3 is 2.48 bits per heavy atom. The van der Waals surface area contributed by atoms with Gasteiger partial charge in [0, 0.05) is 0 Å². The van der Waals surface area contributed by atoms with Crippen molar-refractivity contribution in [3.63, 3.8) is 0 Å². The maximum absolute atomic E-state index is 13.2. The van der Waals surface area contributed by atoms with E-state index in [0.29, 0.717) is 16.9 Å². The van der Waals surface area contributed by atoms with Crippen LogP contribution in [0.2, 0.25) is 0 Å². The Kier molecular flexibility index (Phi) is 3.78. The Bertz CT molecular complexity index is 1220. The van der Waals surface area contributed by atoms with E-state index >= 15 is 0 Å². The minimum absolute atomic E-state index is 0.0586. The number of para-hydroxylation sites is 1. The molecule has 1 amide bonds. The van der Waals surface area contributed by atoms with Crippen molar-refractivity contribution in [2.45, 2.75) is 10.6 Å². The molecule has 1 radical (unpaired) electrons. The number of nitrogens with two attached hydrogens (primary N) is 1. The summed E-state index contributed by atoms with van der Waals surface area (Å²) in [5.74, 6) is -2.24. The fourth-order valence-electron chi connectivity index (χ4n) is 3.37. The van der Waals surface area contributed by atoms with E-state index in [9.17, 15) is 18.9 Å². The van der Waals surface area contributed by atoms with Crippen LogP contribution in [0.25, 0.3) is 16.9 Å². The van der Waals surface area contributed by atoms with E-state index in [4.69, 9.17) is 12.5 Å². The summed E-state index contributed by atoms with van der Waals surface area (Å²) < 4.78 is 14.6. The van der Waals surface area contributed by atoms with E-state index in [2.05, 4.69) is 5.10 Å². The van der Waals surface area contributed by atoms with Crippen molar-refractivity contribution in [2.24, 2.45) is 5.73 Å². The second-order valence-electron chi connectivity index (χ2n) is 6.15. The Labute approximate surface area is 155 Å². The molecule has 0 aliphatic carbocycles. The van der Waals surface area contributed by atoms with Crippen LogP contribution in [0.15, 0.2) is 53.4 Å². The predicted molar refractivity (Wildman–Crippen MR) is 100 cm³/mol. The normalized spacial score (nSPS) is 17.7. The van der Waals surface area contributed by atoms with Gasteiger partial charge in [0.05, 0.1) is 0 Å². The van der Waals surface area contributed by atoms with Crippen LogP contribution in [0.4, 0.5) is 0 Å². The molecule has 27 heavy (non-hydrogen) atoms. The van der Waals surface area contributed by atoms with Gasteiger partial charge in [0.2, 0.25) is 0 Å². The summed E-state index contributed by atoms with van der Waals surface area (Å²) in [5.41, 5.74) is 7.02. The predicted octanol–water partition coefficient (Wildman–Crippen LogP) is 1.58. The number of carbonyl (C=O) groups is 2. The molecule has 0 bridgehead atoms.